The first-order chi connectivity index (χ1) is 8.01. The van der Waals surface area contributed by atoms with Crippen molar-refractivity contribution in [2.45, 2.75) is 31.8 Å². The molecule has 2 nitrogen and oxygen atoms in total. The van der Waals surface area contributed by atoms with E-state index in [0.717, 1.165) is 31.5 Å². The largest absolute Gasteiger partial charge is 0.385 e. The van der Waals surface area contributed by atoms with E-state index in [1.807, 2.05) is 0 Å². The minimum absolute atomic E-state index is 0.205. The van der Waals surface area contributed by atoms with Gasteiger partial charge in [-0.15, -0.1) is 0 Å². The zero-order chi connectivity index (χ0) is 12.5. The van der Waals surface area contributed by atoms with Gasteiger partial charge < -0.3 is 10.0 Å². The minimum Gasteiger partial charge on any atom is -0.385 e. The lowest BCUT2D eigenvalue weighted by molar-refractivity contribution is 0.0217. The topological polar surface area (TPSA) is 23.5 Å². The summed E-state index contributed by atoms with van der Waals surface area (Å²) in [5.41, 5.74) is 0.670. The zero-order valence-electron chi connectivity index (χ0n) is 10.5. The maximum Gasteiger partial charge on any atom is 0.126 e. The lowest BCUT2D eigenvalue weighted by atomic mass is 9.86. The summed E-state index contributed by atoms with van der Waals surface area (Å²) in [6.45, 7) is 3.64. The first-order valence-corrected chi connectivity index (χ1v) is 6.19. The number of nitrogens with zero attached hydrogens (tertiary/aromatic N) is 1. The summed E-state index contributed by atoms with van der Waals surface area (Å²) in [6.07, 6.45) is 2.44. The molecule has 94 valence electrons. The van der Waals surface area contributed by atoms with Crippen molar-refractivity contribution >= 4 is 0 Å². The molecule has 1 aliphatic rings. The highest BCUT2D eigenvalue weighted by Crippen LogP contribution is 2.33. The molecule has 1 aliphatic heterocycles. The van der Waals surface area contributed by atoms with E-state index in [2.05, 4.69) is 11.9 Å². The van der Waals surface area contributed by atoms with Gasteiger partial charge in [-0.1, -0.05) is 12.1 Å². The Hall–Kier alpha value is -0.930. The van der Waals surface area contributed by atoms with Crippen molar-refractivity contribution in [3.8, 4) is 0 Å². The number of halogens is 1. The van der Waals surface area contributed by atoms with Gasteiger partial charge in [-0.2, -0.15) is 0 Å². The van der Waals surface area contributed by atoms with Crippen LogP contribution < -0.4 is 0 Å². The molecule has 0 amide bonds. The summed E-state index contributed by atoms with van der Waals surface area (Å²) in [6, 6.07) is 4.95. The molecule has 0 radical (unpaired) electrons. The number of hydrogen-bond acceptors (Lipinski definition) is 2. The summed E-state index contributed by atoms with van der Waals surface area (Å²) >= 11 is 0. The average Bonchev–Trinajstić information content (AvgIpc) is 2.46. The second kappa shape index (κ2) is 4.75. The monoisotopic (exact) mass is 237 g/mol. The highest BCUT2D eigenvalue weighted by molar-refractivity contribution is 5.29. The second-order valence-corrected chi connectivity index (χ2v) is 5.15. The van der Waals surface area contributed by atoms with Crippen LogP contribution in [0.3, 0.4) is 0 Å². The van der Waals surface area contributed by atoms with Crippen molar-refractivity contribution in [2.75, 3.05) is 20.1 Å². The molecule has 0 spiro atoms. The molecular formula is C14H20FNO. The van der Waals surface area contributed by atoms with Crippen LogP contribution in [0.2, 0.25) is 0 Å². The summed E-state index contributed by atoms with van der Waals surface area (Å²) in [5, 5.41) is 10.7. The molecule has 2 rings (SSSR count). The van der Waals surface area contributed by atoms with Gasteiger partial charge in [0, 0.05) is 6.54 Å². The Balaban J connectivity index is 2.27. The van der Waals surface area contributed by atoms with E-state index in [0.29, 0.717) is 12.0 Å². The normalized spacial score (nSPS) is 26.8. The van der Waals surface area contributed by atoms with Crippen molar-refractivity contribution in [1.82, 2.24) is 4.90 Å². The minimum atomic E-state index is -0.788. The quantitative estimate of drug-likeness (QED) is 0.811. The predicted molar refractivity (Wildman–Crippen MR) is 66.4 cm³/mol. The fourth-order valence-corrected chi connectivity index (χ4v) is 2.48. The third-order valence-corrected chi connectivity index (χ3v) is 3.73. The van der Waals surface area contributed by atoms with Crippen molar-refractivity contribution in [1.29, 1.82) is 0 Å². The van der Waals surface area contributed by atoms with Crippen molar-refractivity contribution in [2.24, 2.45) is 0 Å². The number of likely N-dealkylation sites (tertiary alicyclic amines) is 1. The maximum absolute atomic E-state index is 13.2. The molecule has 0 bridgehead atoms. The van der Waals surface area contributed by atoms with Crippen LogP contribution in [0.5, 0.6) is 0 Å². The summed E-state index contributed by atoms with van der Waals surface area (Å²) in [7, 11) is 2.07. The maximum atomic E-state index is 13.2. The van der Waals surface area contributed by atoms with E-state index in [-0.39, 0.29) is 5.82 Å². The summed E-state index contributed by atoms with van der Waals surface area (Å²) in [5.74, 6) is -0.205. The van der Waals surface area contributed by atoms with Crippen LogP contribution in [-0.4, -0.2) is 30.1 Å². The molecule has 1 N–H and O–H groups in total. The van der Waals surface area contributed by atoms with E-state index < -0.39 is 5.60 Å². The molecule has 1 heterocycles. The Kier molecular flexibility index (Phi) is 3.50. The van der Waals surface area contributed by atoms with E-state index in [1.54, 1.807) is 19.1 Å². The van der Waals surface area contributed by atoms with Crippen LogP contribution in [0.15, 0.2) is 18.2 Å². The van der Waals surface area contributed by atoms with Crippen molar-refractivity contribution < 1.29 is 9.50 Å². The molecule has 0 saturated carbocycles. The lowest BCUT2D eigenvalue weighted by Gasteiger charge is -2.27. The summed E-state index contributed by atoms with van der Waals surface area (Å²) < 4.78 is 13.2. The molecule has 3 heteroatoms. The van der Waals surface area contributed by atoms with Gasteiger partial charge in [0.05, 0.1) is 5.60 Å². The van der Waals surface area contributed by atoms with Crippen LogP contribution in [-0.2, 0) is 5.60 Å². The Morgan fingerprint density at radius 2 is 2.06 bits per heavy atom. The molecule has 1 fully saturated rings. The zero-order valence-corrected chi connectivity index (χ0v) is 10.5. The lowest BCUT2D eigenvalue weighted by Crippen LogP contribution is -2.27. The molecule has 1 saturated heterocycles. The number of aryl methyl sites for hydroxylation is 1. The molecular weight excluding hydrogens is 217 g/mol. The van der Waals surface area contributed by atoms with Crippen molar-refractivity contribution in [3.63, 3.8) is 0 Å². The number of hydrogen-bond donors (Lipinski definition) is 1. The standard InChI is InChI=1S/C14H20FNO/c1-11-10-12(4-5-13(11)15)14(17)6-3-8-16(2)9-7-14/h4-5,10,17H,3,6-9H2,1-2H3. The first-order valence-electron chi connectivity index (χ1n) is 6.19. The molecule has 1 aromatic carbocycles. The third kappa shape index (κ3) is 2.67. The Morgan fingerprint density at radius 1 is 1.29 bits per heavy atom. The second-order valence-electron chi connectivity index (χ2n) is 5.15. The third-order valence-electron chi connectivity index (χ3n) is 3.73. The number of rotatable bonds is 1. The average molecular weight is 237 g/mol. The molecule has 1 unspecified atom stereocenters. The molecule has 0 aliphatic carbocycles. The van der Waals surface area contributed by atoms with Crippen LogP contribution in [0.1, 0.15) is 30.4 Å². The highest BCUT2D eigenvalue weighted by Gasteiger charge is 2.31. The molecule has 17 heavy (non-hydrogen) atoms. The van der Waals surface area contributed by atoms with Gasteiger partial charge in [-0.05, 0) is 57.0 Å². The van der Waals surface area contributed by atoms with Crippen LogP contribution in [0.25, 0.3) is 0 Å². The van der Waals surface area contributed by atoms with E-state index in [9.17, 15) is 9.50 Å². The summed E-state index contributed by atoms with van der Waals surface area (Å²) in [4.78, 5) is 2.23. The van der Waals surface area contributed by atoms with Gasteiger partial charge >= 0.3 is 0 Å². The Labute approximate surface area is 102 Å². The van der Waals surface area contributed by atoms with Gasteiger partial charge in [0.25, 0.3) is 0 Å². The number of benzene rings is 1. The Morgan fingerprint density at radius 3 is 2.76 bits per heavy atom. The Bertz CT molecular complexity index is 407. The van der Waals surface area contributed by atoms with Crippen molar-refractivity contribution in [3.05, 3.63) is 35.1 Å². The highest BCUT2D eigenvalue weighted by atomic mass is 19.1. The van der Waals surface area contributed by atoms with E-state index in [1.165, 1.54) is 6.07 Å². The first kappa shape index (κ1) is 12.5. The smallest absolute Gasteiger partial charge is 0.126 e. The number of aliphatic hydroxyl groups is 1. The fraction of sp³-hybridized carbons (Fsp3) is 0.571. The fourth-order valence-electron chi connectivity index (χ4n) is 2.48. The van der Waals surface area contributed by atoms with Crippen LogP contribution >= 0.6 is 0 Å². The SMILES string of the molecule is Cc1cc(C2(O)CCCN(C)CC2)ccc1F. The van der Waals surface area contributed by atoms with Crippen LogP contribution in [0.4, 0.5) is 4.39 Å². The van der Waals surface area contributed by atoms with E-state index in [4.69, 9.17) is 0 Å². The van der Waals surface area contributed by atoms with Crippen LogP contribution in [0, 0.1) is 12.7 Å². The van der Waals surface area contributed by atoms with Gasteiger partial charge in [0.2, 0.25) is 0 Å². The molecule has 1 atom stereocenters. The van der Waals surface area contributed by atoms with Gasteiger partial charge in [0.15, 0.2) is 0 Å². The van der Waals surface area contributed by atoms with Gasteiger partial charge in [-0.25, -0.2) is 4.39 Å². The van der Waals surface area contributed by atoms with E-state index >= 15 is 0 Å². The van der Waals surface area contributed by atoms with Gasteiger partial charge in [-0.3, -0.25) is 0 Å². The van der Waals surface area contributed by atoms with Gasteiger partial charge in [0.1, 0.15) is 5.82 Å². The molecule has 0 aromatic heterocycles. The predicted octanol–water partition coefficient (Wildman–Crippen LogP) is 2.44. The molecule has 1 aromatic rings.